The van der Waals surface area contributed by atoms with Gasteiger partial charge >= 0.3 is 4.87 Å². The fraction of sp³-hybridized carbons (Fsp3) is 0.692. The van der Waals surface area contributed by atoms with E-state index in [0.717, 1.165) is 43.3 Å². The molecule has 2 heterocycles. The van der Waals surface area contributed by atoms with Crippen molar-refractivity contribution in [2.75, 3.05) is 26.2 Å². The molecule has 1 fully saturated rings. The summed E-state index contributed by atoms with van der Waals surface area (Å²) in [7, 11) is 0. The van der Waals surface area contributed by atoms with E-state index in [9.17, 15) is 9.59 Å². The van der Waals surface area contributed by atoms with E-state index in [-0.39, 0.29) is 10.8 Å². The number of piperazine rings is 1. The Hall–Kier alpha value is -1.14. The monoisotopic (exact) mass is 283 g/mol. The number of hydrogen-bond acceptors (Lipinski definition) is 4. The lowest BCUT2D eigenvalue weighted by Gasteiger charge is -2.34. The van der Waals surface area contributed by atoms with Gasteiger partial charge in [-0.15, -0.1) is 0 Å². The van der Waals surface area contributed by atoms with Gasteiger partial charge in [0.1, 0.15) is 0 Å². The minimum absolute atomic E-state index is 0.0288. The van der Waals surface area contributed by atoms with Crippen molar-refractivity contribution in [2.24, 2.45) is 0 Å². The summed E-state index contributed by atoms with van der Waals surface area (Å²) in [5.74, 6) is 0.487. The Morgan fingerprint density at radius 1 is 1.32 bits per heavy atom. The highest BCUT2D eigenvalue weighted by atomic mass is 32.1. The maximum absolute atomic E-state index is 11.5. The Bertz CT molecular complexity index is 498. The summed E-state index contributed by atoms with van der Waals surface area (Å²) in [6, 6.07) is 0. The van der Waals surface area contributed by atoms with Crippen molar-refractivity contribution in [1.29, 1.82) is 0 Å². The van der Waals surface area contributed by atoms with Crippen molar-refractivity contribution in [3.63, 3.8) is 0 Å². The first-order valence-electron chi connectivity index (χ1n) is 6.67. The summed E-state index contributed by atoms with van der Waals surface area (Å²) in [4.78, 5) is 31.0. The molecule has 2 rings (SSSR count). The van der Waals surface area contributed by atoms with E-state index in [2.05, 4.69) is 23.7 Å². The third kappa shape index (κ3) is 3.45. The minimum atomic E-state index is 0.0288. The van der Waals surface area contributed by atoms with Crippen LogP contribution in [-0.4, -0.2) is 46.9 Å². The van der Waals surface area contributed by atoms with Gasteiger partial charge in [0, 0.05) is 50.2 Å². The molecule has 0 bridgehead atoms. The van der Waals surface area contributed by atoms with Gasteiger partial charge in [-0.2, -0.15) is 0 Å². The molecular formula is C13H21N3O2S. The smallest absolute Gasteiger partial charge is 0.304 e. The zero-order valence-corrected chi connectivity index (χ0v) is 12.5. The Morgan fingerprint density at radius 2 is 1.95 bits per heavy atom. The number of aromatic amines is 1. The summed E-state index contributed by atoms with van der Waals surface area (Å²) in [5.41, 5.74) is 1.06. The van der Waals surface area contributed by atoms with Gasteiger partial charge in [0.2, 0.25) is 5.91 Å². The van der Waals surface area contributed by atoms with Crippen LogP contribution in [0.3, 0.4) is 0 Å². The Morgan fingerprint density at radius 3 is 2.47 bits per heavy atom. The van der Waals surface area contributed by atoms with Gasteiger partial charge in [-0.3, -0.25) is 14.5 Å². The van der Waals surface area contributed by atoms with Gasteiger partial charge in [0.15, 0.2) is 0 Å². The molecule has 1 N–H and O–H groups in total. The highest BCUT2D eigenvalue weighted by Crippen LogP contribution is 2.21. The second kappa shape index (κ2) is 5.88. The molecule has 1 amide bonds. The molecule has 0 aromatic carbocycles. The van der Waals surface area contributed by atoms with Crippen LogP contribution in [0.1, 0.15) is 37.3 Å². The second-order valence-corrected chi connectivity index (χ2v) is 6.36. The van der Waals surface area contributed by atoms with Gasteiger partial charge in [-0.1, -0.05) is 25.2 Å². The number of hydrogen-bond donors (Lipinski definition) is 1. The van der Waals surface area contributed by atoms with E-state index in [1.165, 1.54) is 11.3 Å². The van der Waals surface area contributed by atoms with Gasteiger partial charge in [0.25, 0.3) is 0 Å². The molecule has 19 heavy (non-hydrogen) atoms. The molecule has 0 atom stereocenters. The zero-order chi connectivity index (χ0) is 14.0. The number of thiazole rings is 1. The molecule has 1 aliphatic rings. The topological polar surface area (TPSA) is 56.4 Å². The van der Waals surface area contributed by atoms with Crippen molar-refractivity contribution < 1.29 is 4.79 Å². The molecule has 1 aliphatic heterocycles. The number of H-pyrrole nitrogens is 1. The average molecular weight is 283 g/mol. The van der Waals surface area contributed by atoms with Gasteiger partial charge in [0.05, 0.1) is 0 Å². The SMILES string of the molecule is CC(=O)N1CCN(Cc2sc(=O)[nH]c2C(C)C)CC1. The predicted octanol–water partition coefficient (Wildman–Crippen LogP) is 1.22. The first-order chi connectivity index (χ1) is 8.97. The molecule has 106 valence electrons. The molecule has 5 nitrogen and oxygen atoms in total. The predicted molar refractivity (Wildman–Crippen MR) is 76.6 cm³/mol. The van der Waals surface area contributed by atoms with Crippen LogP contribution in [0.15, 0.2) is 4.79 Å². The van der Waals surface area contributed by atoms with Gasteiger partial charge in [-0.05, 0) is 5.92 Å². The van der Waals surface area contributed by atoms with Crippen LogP contribution in [0.25, 0.3) is 0 Å². The first-order valence-corrected chi connectivity index (χ1v) is 7.48. The highest BCUT2D eigenvalue weighted by Gasteiger charge is 2.21. The first kappa shape index (κ1) is 14.3. The molecule has 0 unspecified atom stereocenters. The average Bonchev–Trinajstić information content (AvgIpc) is 2.71. The van der Waals surface area contributed by atoms with Crippen LogP contribution in [0.2, 0.25) is 0 Å². The van der Waals surface area contributed by atoms with E-state index in [4.69, 9.17) is 0 Å². The van der Waals surface area contributed by atoms with E-state index >= 15 is 0 Å². The standard InChI is InChI=1S/C13H21N3O2S/c1-9(2)12-11(19-13(18)14-12)8-15-4-6-16(7-5-15)10(3)17/h9H,4-8H2,1-3H3,(H,14,18). The van der Waals surface area contributed by atoms with Crippen molar-refractivity contribution >= 4 is 17.2 Å². The lowest BCUT2D eigenvalue weighted by Crippen LogP contribution is -2.47. The molecule has 0 spiro atoms. The lowest BCUT2D eigenvalue weighted by molar-refractivity contribution is -0.130. The third-order valence-corrected chi connectivity index (χ3v) is 4.40. The summed E-state index contributed by atoms with van der Waals surface area (Å²) < 4.78 is 0. The van der Waals surface area contributed by atoms with Gasteiger partial charge in [-0.25, -0.2) is 0 Å². The number of aromatic nitrogens is 1. The second-order valence-electron chi connectivity index (χ2n) is 5.29. The third-order valence-electron chi connectivity index (χ3n) is 3.52. The van der Waals surface area contributed by atoms with E-state index in [1.807, 2.05) is 4.90 Å². The maximum Gasteiger partial charge on any atom is 0.304 e. The van der Waals surface area contributed by atoms with E-state index in [0.29, 0.717) is 5.92 Å². The largest absolute Gasteiger partial charge is 0.340 e. The zero-order valence-electron chi connectivity index (χ0n) is 11.7. The fourth-order valence-electron chi connectivity index (χ4n) is 2.38. The number of nitrogens with one attached hydrogen (secondary N) is 1. The van der Waals surface area contributed by atoms with Crippen molar-refractivity contribution in [2.45, 2.75) is 33.2 Å². The maximum atomic E-state index is 11.5. The molecule has 0 aliphatic carbocycles. The summed E-state index contributed by atoms with van der Waals surface area (Å²) in [5, 5.41) is 0. The fourth-order valence-corrected chi connectivity index (χ4v) is 3.41. The molecule has 1 aromatic rings. The highest BCUT2D eigenvalue weighted by molar-refractivity contribution is 7.09. The van der Waals surface area contributed by atoms with Crippen LogP contribution in [0.4, 0.5) is 0 Å². The Labute approximate surface area is 117 Å². The molecule has 1 saturated heterocycles. The van der Waals surface area contributed by atoms with Crippen LogP contribution in [-0.2, 0) is 11.3 Å². The lowest BCUT2D eigenvalue weighted by atomic mass is 10.1. The summed E-state index contributed by atoms with van der Waals surface area (Å²) in [6.45, 7) is 9.93. The van der Waals surface area contributed by atoms with Crippen LogP contribution in [0, 0.1) is 0 Å². The molecule has 0 radical (unpaired) electrons. The molecule has 6 heteroatoms. The van der Waals surface area contributed by atoms with Crippen LogP contribution >= 0.6 is 11.3 Å². The summed E-state index contributed by atoms with van der Waals surface area (Å²) in [6.07, 6.45) is 0. The van der Waals surface area contributed by atoms with E-state index < -0.39 is 0 Å². The van der Waals surface area contributed by atoms with Crippen LogP contribution in [0.5, 0.6) is 0 Å². The number of carbonyl (C=O) groups is 1. The van der Waals surface area contributed by atoms with Crippen molar-refractivity contribution in [3.8, 4) is 0 Å². The van der Waals surface area contributed by atoms with E-state index in [1.54, 1.807) is 6.92 Å². The molecular weight excluding hydrogens is 262 g/mol. The normalized spacial score (nSPS) is 17.2. The molecule has 1 aromatic heterocycles. The Balaban J connectivity index is 1.99. The minimum Gasteiger partial charge on any atom is -0.340 e. The van der Waals surface area contributed by atoms with Crippen molar-refractivity contribution in [1.82, 2.24) is 14.8 Å². The van der Waals surface area contributed by atoms with Crippen LogP contribution < -0.4 is 4.87 Å². The number of amides is 1. The van der Waals surface area contributed by atoms with Crippen molar-refractivity contribution in [3.05, 3.63) is 20.2 Å². The summed E-state index contributed by atoms with van der Waals surface area (Å²) >= 11 is 1.31. The number of nitrogens with zero attached hydrogens (tertiary/aromatic N) is 2. The number of rotatable bonds is 3. The molecule has 0 saturated carbocycles. The Kier molecular flexibility index (Phi) is 4.42. The van der Waals surface area contributed by atoms with Gasteiger partial charge < -0.3 is 9.88 Å². The quantitative estimate of drug-likeness (QED) is 0.907. The number of carbonyl (C=O) groups excluding carboxylic acids is 1.